The lowest BCUT2D eigenvalue weighted by Crippen LogP contribution is -1.99. The van der Waals surface area contributed by atoms with Gasteiger partial charge in [0.2, 0.25) is 0 Å². The van der Waals surface area contributed by atoms with Crippen molar-refractivity contribution in [1.82, 2.24) is 14.2 Å². The Morgan fingerprint density at radius 3 is 2.58 bits per heavy atom. The lowest BCUT2D eigenvalue weighted by Gasteiger charge is -2.05. The molecule has 0 unspecified atom stereocenters. The van der Waals surface area contributed by atoms with Crippen LogP contribution in [-0.2, 0) is 6.54 Å². The molecule has 0 amide bonds. The van der Waals surface area contributed by atoms with Gasteiger partial charge in [0.05, 0.1) is 6.20 Å². The summed E-state index contributed by atoms with van der Waals surface area (Å²) in [6.07, 6.45) is 5.23. The van der Waals surface area contributed by atoms with Gasteiger partial charge in [-0.05, 0) is 23.8 Å². The first-order chi connectivity index (χ1) is 9.17. The second kappa shape index (κ2) is 4.61. The molecule has 19 heavy (non-hydrogen) atoms. The number of hydrogen-bond donors (Lipinski definition) is 0. The van der Waals surface area contributed by atoms with E-state index in [9.17, 15) is 0 Å². The van der Waals surface area contributed by atoms with E-state index in [2.05, 4.69) is 11.2 Å². The lowest BCUT2D eigenvalue weighted by molar-refractivity contribution is 0.824. The predicted octanol–water partition coefficient (Wildman–Crippen LogP) is 3.36. The largest absolute Gasteiger partial charge is 0.326 e. The van der Waals surface area contributed by atoms with Crippen LogP contribution in [0.5, 0.6) is 0 Å². The van der Waals surface area contributed by atoms with Crippen molar-refractivity contribution in [1.29, 1.82) is 5.26 Å². The molecule has 0 saturated carbocycles. The summed E-state index contributed by atoms with van der Waals surface area (Å²) < 4.78 is 3.61. The Balaban J connectivity index is 2.06. The maximum Gasteiger partial charge on any atom is 0.154 e. The van der Waals surface area contributed by atoms with Gasteiger partial charge in [0.25, 0.3) is 0 Å². The van der Waals surface area contributed by atoms with Crippen LogP contribution in [0.1, 0.15) is 11.1 Å². The number of rotatable bonds is 2. The number of aromatic nitrogens is 3. The van der Waals surface area contributed by atoms with E-state index in [4.69, 9.17) is 28.5 Å². The second-order valence-corrected chi connectivity index (χ2v) is 5.01. The summed E-state index contributed by atoms with van der Waals surface area (Å²) in [5, 5.41) is 14.4. The normalized spacial score (nSPS) is 10.8. The molecule has 94 valence electrons. The molecule has 0 aliphatic carbocycles. The Kier molecular flexibility index (Phi) is 2.94. The molecule has 0 atom stereocenters. The minimum absolute atomic E-state index is 0.540. The summed E-state index contributed by atoms with van der Waals surface area (Å²) in [5.41, 5.74) is 2.28. The standard InChI is InChI=1S/C13H8Cl2N4/c14-11-3-9(4-12(15)5-11)8-18-1-2-19-13(18)10(6-16)7-17-19/h1-5,7H,8H2. The highest BCUT2D eigenvalue weighted by atomic mass is 35.5. The van der Waals surface area contributed by atoms with Crippen LogP contribution in [0.25, 0.3) is 5.65 Å². The smallest absolute Gasteiger partial charge is 0.154 e. The summed E-state index contributed by atoms with van der Waals surface area (Å²) >= 11 is 12.0. The molecule has 0 N–H and O–H groups in total. The van der Waals surface area contributed by atoms with Gasteiger partial charge in [-0.15, -0.1) is 0 Å². The minimum Gasteiger partial charge on any atom is -0.326 e. The van der Waals surface area contributed by atoms with Crippen molar-refractivity contribution in [3.63, 3.8) is 0 Å². The molecule has 1 aromatic carbocycles. The molecular formula is C13H8Cl2N4. The van der Waals surface area contributed by atoms with Gasteiger partial charge in [-0.25, -0.2) is 4.52 Å². The molecule has 2 heterocycles. The van der Waals surface area contributed by atoms with Crippen molar-refractivity contribution in [2.45, 2.75) is 6.54 Å². The SMILES string of the molecule is N#Cc1cnn2ccn(Cc3cc(Cl)cc(Cl)c3)c12. The third-order valence-electron chi connectivity index (χ3n) is 2.82. The number of hydrogen-bond acceptors (Lipinski definition) is 2. The molecule has 2 aromatic heterocycles. The van der Waals surface area contributed by atoms with Crippen molar-refractivity contribution >= 4 is 28.8 Å². The number of nitriles is 1. The zero-order chi connectivity index (χ0) is 13.4. The summed E-state index contributed by atoms with van der Waals surface area (Å²) in [4.78, 5) is 0. The molecule has 0 spiro atoms. The molecule has 0 aliphatic heterocycles. The Labute approximate surface area is 119 Å². The average Bonchev–Trinajstić information content (AvgIpc) is 2.91. The van der Waals surface area contributed by atoms with Gasteiger partial charge in [0, 0.05) is 29.0 Å². The van der Waals surface area contributed by atoms with Crippen LogP contribution in [0.3, 0.4) is 0 Å². The topological polar surface area (TPSA) is 46.0 Å². The fourth-order valence-electron chi connectivity index (χ4n) is 2.07. The maximum atomic E-state index is 9.06. The van der Waals surface area contributed by atoms with E-state index >= 15 is 0 Å². The van der Waals surface area contributed by atoms with E-state index in [1.165, 1.54) is 0 Å². The van der Waals surface area contributed by atoms with Gasteiger partial charge >= 0.3 is 0 Å². The molecule has 4 nitrogen and oxygen atoms in total. The highest BCUT2D eigenvalue weighted by Gasteiger charge is 2.09. The lowest BCUT2D eigenvalue weighted by atomic mass is 10.2. The number of halogens is 2. The number of fused-ring (bicyclic) bond motifs is 1. The van der Waals surface area contributed by atoms with Crippen LogP contribution in [0, 0.1) is 11.3 Å². The molecule has 0 fully saturated rings. The molecule has 0 bridgehead atoms. The Morgan fingerprint density at radius 1 is 1.16 bits per heavy atom. The highest BCUT2D eigenvalue weighted by molar-refractivity contribution is 6.34. The third-order valence-corrected chi connectivity index (χ3v) is 3.26. The second-order valence-electron chi connectivity index (χ2n) is 4.14. The monoisotopic (exact) mass is 290 g/mol. The zero-order valence-electron chi connectivity index (χ0n) is 9.72. The number of benzene rings is 1. The quantitative estimate of drug-likeness (QED) is 0.726. The number of imidazole rings is 1. The van der Waals surface area contributed by atoms with E-state index in [1.54, 1.807) is 16.8 Å². The van der Waals surface area contributed by atoms with Gasteiger partial charge in [-0.3, -0.25) is 0 Å². The van der Waals surface area contributed by atoms with Gasteiger partial charge < -0.3 is 4.57 Å². The fraction of sp³-hybridized carbons (Fsp3) is 0.0769. The van der Waals surface area contributed by atoms with Crippen LogP contribution in [0.15, 0.2) is 36.8 Å². The van der Waals surface area contributed by atoms with Crippen molar-refractivity contribution in [3.8, 4) is 6.07 Å². The molecule has 6 heteroatoms. The highest BCUT2D eigenvalue weighted by Crippen LogP contribution is 2.21. The van der Waals surface area contributed by atoms with Crippen LogP contribution < -0.4 is 0 Å². The third kappa shape index (κ3) is 2.19. The Hall–Kier alpha value is -1.96. The van der Waals surface area contributed by atoms with Gasteiger partial charge in [0.15, 0.2) is 5.65 Å². The van der Waals surface area contributed by atoms with Gasteiger partial charge in [-0.2, -0.15) is 10.4 Å². The van der Waals surface area contributed by atoms with E-state index in [1.807, 2.05) is 29.1 Å². The fourth-order valence-corrected chi connectivity index (χ4v) is 2.64. The molecule has 3 rings (SSSR count). The molecule has 3 aromatic rings. The van der Waals surface area contributed by atoms with Crippen molar-refractivity contribution in [3.05, 3.63) is 58.0 Å². The maximum absolute atomic E-state index is 9.06. The van der Waals surface area contributed by atoms with Crippen molar-refractivity contribution in [2.24, 2.45) is 0 Å². The molecule has 0 aliphatic rings. The first-order valence-corrected chi connectivity index (χ1v) is 6.30. The average molecular weight is 291 g/mol. The van der Waals surface area contributed by atoms with E-state index in [-0.39, 0.29) is 0 Å². The van der Waals surface area contributed by atoms with E-state index in [0.717, 1.165) is 11.2 Å². The van der Waals surface area contributed by atoms with Gasteiger partial charge in [0.1, 0.15) is 11.6 Å². The predicted molar refractivity (Wildman–Crippen MR) is 73.5 cm³/mol. The molecule has 0 radical (unpaired) electrons. The van der Waals surface area contributed by atoms with Crippen LogP contribution >= 0.6 is 23.2 Å². The van der Waals surface area contributed by atoms with Crippen LogP contribution in [0.4, 0.5) is 0 Å². The minimum atomic E-state index is 0.540. The molecule has 0 saturated heterocycles. The van der Waals surface area contributed by atoms with Crippen LogP contribution in [-0.4, -0.2) is 14.2 Å². The summed E-state index contributed by atoms with van der Waals surface area (Å²) in [6.45, 7) is 0.581. The summed E-state index contributed by atoms with van der Waals surface area (Å²) in [5.74, 6) is 0. The Morgan fingerprint density at radius 2 is 1.89 bits per heavy atom. The van der Waals surface area contributed by atoms with Crippen LogP contribution in [0.2, 0.25) is 10.0 Å². The van der Waals surface area contributed by atoms with Crippen molar-refractivity contribution < 1.29 is 0 Å². The summed E-state index contributed by atoms with van der Waals surface area (Å²) in [6, 6.07) is 7.53. The summed E-state index contributed by atoms with van der Waals surface area (Å²) in [7, 11) is 0. The van der Waals surface area contributed by atoms with Gasteiger partial charge in [-0.1, -0.05) is 23.2 Å². The Bertz CT molecular complexity index is 774. The van der Waals surface area contributed by atoms with E-state index in [0.29, 0.717) is 22.2 Å². The first-order valence-electron chi connectivity index (χ1n) is 5.55. The number of nitrogens with zero attached hydrogens (tertiary/aromatic N) is 4. The van der Waals surface area contributed by atoms with E-state index < -0.39 is 0 Å². The van der Waals surface area contributed by atoms with Crippen molar-refractivity contribution in [2.75, 3.05) is 0 Å². The first kappa shape index (κ1) is 12.1. The zero-order valence-corrected chi connectivity index (χ0v) is 11.2. The molecular weight excluding hydrogens is 283 g/mol.